The van der Waals surface area contributed by atoms with Crippen LogP contribution in [0.3, 0.4) is 0 Å². The topological polar surface area (TPSA) is 65.2 Å². The van der Waals surface area contributed by atoms with Crippen LogP contribution in [0.1, 0.15) is 22.1 Å². The van der Waals surface area contributed by atoms with E-state index in [9.17, 15) is 8.42 Å². The number of fused-ring (bicyclic) bond motifs is 1. The number of nitrogens with zero attached hydrogens (tertiary/aromatic N) is 1. The van der Waals surface area contributed by atoms with Crippen LogP contribution < -0.4 is 4.72 Å². The van der Waals surface area contributed by atoms with Gasteiger partial charge >= 0.3 is 0 Å². The van der Waals surface area contributed by atoms with Gasteiger partial charge in [0.15, 0.2) is 1.41 Å². The van der Waals surface area contributed by atoms with Crippen LogP contribution in [0.25, 0.3) is 10.9 Å². The van der Waals surface area contributed by atoms with Gasteiger partial charge in [-0.2, -0.15) is 0 Å². The minimum Gasteiger partial charge on any atom is -0.361 e. The summed E-state index contributed by atoms with van der Waals surface area (Å²) < 4.78 is 103. The Kier molecular flexibility index (Phi) is 1.96. The molecule has 0 amide bonds. The SMILES string of the molecule is [2H]c1c(CS(=O)(=O)N([2H])C)c([2H])c2c(CC([2H])([2H])N(C)C([2H])([2H])[2H])cn([2H])c2c1[2H]. The number of sulfonamides is 1. The zero-order chi connectivity index (χ0) is 23.4. The summed E-state index contributed by atoms with van der Waals surface area (Å²) in [7, 11) is -2.16. The summed E-state index contributed by atoms with van der Waals surface area (Å²) in [5.41, 5.74) is -0.519. The van der Waals surface area contributed by atoms with Crippen LogP contribution in [0.4, 0.5) is 0 Å². The van der Waals surface area contributed by atoms with Crippen molar-refractivity contribution in [2.45, 2.75) is 12.2 Å². The summed E-state index contributed by atoms with van der Waals surface area (Å²) >= 11 is 0. The Morgan fingerprint density at radius 2 is 2.45 bits per heavy atom. The van der Waals surface area contributed by atoms with Crippen molar-refractivity contribution < 1.29 is 22.2 Å². The van der Waals surface area contributed by atoms with Crippen LogP contribution in [0.15, 0.2) is 24.3 Å². The monoisotopic (exact) mass is 305 g/mol. The first-order valence-electron chi connectivity index (χ1n) is 10.6. The third kappa shape index (κ3) is 3.59. The molecule has 0 saturated carbocycles. The molecule has 1 heterocycles. The Morgan fingerprint density at radius 1 is 1.65 bits per heavy atom. The van der Waals surface area contributed by atoms with Crippen LogP contribution in [0.2, 0.25) is 2.82 Å². The van der Waals surface area contributed by atoms with E-state index in [0.717, 1.165) is 20.3 Å². The molecule has 0 atom stereocenters. The van der Waals surface area contributed by atoms with Crippen molar-refractivity contribution in [1.82, 2.24) is 14.6 Å². The van der Waals surface area contributed by atoms with Crippen molar-refractivity contribution in [2.75, 3.05) is 27.6 Å². The van der Waals surface area contributed by atoms with E-state index >= 15 is 0 Å². The molecule has 0 aliphatic heterocycles. The molecule has 0 aliphatic rings. The van der Waals surface area contributed by atoms with Gasteiger partial charge in [0.05, 0.1) is 9.87 Å². The number of aromatic nitrogens is 1. The molecule has 1 aromatic heterocycles. The molecule has 1 aromatic carbocycles. The minimum atomic E-state index is -4.19. The van der Waals surface area contributed by atoms with E-state index in [1.165, 1.54) is 0 Å². The first-order valence-corrected chi connectivity index (χ1v) is 7.34. The maximum atomic E-state index is 12.1. The van der Waals surface area contributed by atoms with E-state index in [0.29, 0.717) is 9.88 Å². The third-order valence-electron chi connectivity index (χ3n) is 2.63. The molecular weight excluding hydrogens is 274 g/mol. The van der Waals surface area contributed by atoms with Gasteiger partial charge in [0, 0.05) is 30.5 Å². The van der Waals surface area contributed by atoms with E-state index in [2.05, 4.69) is 0 Å². The normalized spacial score (nSPS) is 21.2. The molecule has 0 aliphatic carbocycles. The Hall–Kier alpha value is -1.37. The lowest BCUT2D eigenvalue weighted by Gasteiger charge is -2.08. The van der Waals surface area contributed by atoms with Crippen LogP contribution in [0, 0.1) is 0 Å². The van der Waals surface area contributed by atoms with E-state index in [1.54, 1.807) is 0 Å². The first kappa shape index (κ1) is 6.60. The van der Waals surface area contributed by atoms with Gasteiger partial charge in [-0.3, -0.25) is 0 Å². The van der Waals surface area contributed by atoms with Crippen LogP contribution >= 0.6 is 0 Å². The molecule has 2 N–H and O–H groups in total. The van der Waals surface area contributed by atoms with Crippen molar-refractivity contribution in [3.8, 4) is 0 Å². The predicted octanol–water partition coefficient (Wildman–Crippen LogP) is 1.32. The van der Waals surface area contributed by atoms with Crippen molar-refractivity contribution in [3.63, 3.8) is 0 Å². The molecule has 0 bridgehead atoms. The standard InChI is InChI=1S/C14H21N3O2S/c1-15-20(18,19)10-11-4-5-14-13(8-11)12(9-16-14)6-7-17(2)3/h4-5,8-9,15-16H,6-7,10H2,1-3H3/i2D3,4D,5D,7D2,8D/hD2. The largest absolute Gasteiger partial charge is 0.361 e. The lowest BCUT2D eigenvalue weighted by molar-refractivity contribution is 0.414. The smallest absolute Gasteiger partial charge is 0.215 e. The number of aromatic amines is 1. The zero-order valence-electron chi connectivity index (χ0n) is 21.1. The van der Waals surface area contributed by atoms with Crippen molar-refractivity contribution >= 4 is 20.9 Å². The second kappa shape index (κ2) is 5.95. The molecule has 0 saturated heterocycles. The quantitative estimate of drug-likeness (QED) is 0.846. The highest BCUT2D eigenvalue weighted by atomic mass is 32.2. The number of likely N-dealkylation sites (N-methyl/N-ethyl adjacent to an activating group) is 1. The summed E-state index contributed by atoms with van der Waals surface area (Å²) in [5, 5.41) is -0.105. The van der Waals surface area contributed by atoms with Gasteiger partial charge < -0.3 is 9.88 Å². The summed E-state index contributed by atoms with van der Waals surface area (Å²) in [4.78, 5) is 1.21. The highest BCUT2D eigenvalue weighted by Gasteiger charge is 2.11. The van der Waals surface area contributed by atoms with Gasteiger partial charge in [-0.05, 0) is 50.7 Å². The predicted molar refractivity (Wildman–Crippen MR) is 82.2 cm³/mol. The van der Waals surface area contributed by atoms with Crippen molar-refractivity contribution in [2.24, 2.45) is 0 Å². The molecular formula is C14H21N3O2S. The summed E-state index contributed by atoms with van der Waals surface area (Å²) in [6.45, 7) is -5.17. The van der Waals surface area contributed by atoms with E-state index in [-0.39, 0.29) is 26.7 Å². The number of hydrogen-bond acceptors (Lipinski definition) is 3. The summed E-state index contributed by atoms with van der Waals surface area (Å²) in [5.74, 6) is -0.892. The maximum absolute atomic E-state index is 12.1. The fourth-order valence-corrected chi connectivity index (χ4v) is 2.27. The lowest BCUT2D eigenvalue weighted by Crippen LogP contribution is -2.20. The van der Waals surface area contributed by atoms with E-state index < -0.39 is 53.8 Å². The molecule has 20 heavy (non-hydrogen) atoms. The third-order valence-corrected chi connectivity index (χ3v) is 3.84. The van der Waals surface area contributed by atoms with Gasteiger partial charge in [0.1, 0.15) is 1.41 Å². The number of H-pyrrole nitrogens is 1. The second-order valence-electron chi connectivity index (χ2n) is 4.16. The van der Waals surface area contributed by atoms with Gasteiger partial charge in [0.25, 0.3) is 0 Å². The molecule has 6 heteroatoms. The zero-order valence-corrected chi connectivity index (χ0v) is 11.9. The summed E-state index contributed by atoms with van der Waals surface area (Å²) in [6.07, 6.45) is 0.553. The molecule has 0 radical (unpaired) electrons. The van der Waals surface area contributed by atoms with Crippen LogP contribution in [0.5, 0.6) is 0 Å². The molecule has 0 unspecified atom stereocenters. The number of benzene rings is 1. The number of aryl methyl sites for hydroxylation is 1. The average molecular weight is 305 g/mol. The van der Waals surface area contributed by atoms with Gasteiger partial charge in [-0.15, -0.1) is 0 Å². The molecule has 2 aromatic rings. The number of rotatable bonds is 6. The second-order valence-corrected chi connectivity index (χ2v) is 5.98. The van der Waals surface area contributed by atoms with Crippen LogP contribution in [-0.4, -0.2) is 45.9 Å². The fraction of sp³-hybridized carbons (Fsp3) is 0.429. The van der Waals surface area contributed by atoms with Crippen molar-refractivity contribution in [1.29, 1.82) is 0 Å². The van der Waals surface area contributed by atoms with Gasteiger partial charge in [0.2, 0.25) is 10.0 Å². The highest BCUT2D eigenvalue weighted by molar-refractivity contribution is 7.88. The van der Waals surface area contributed by atoms with Gasteiger partial charge in [-0.25, -0.2) is 13.1 Å². The summed E-state index contributed by atoms with van der Waals surface area (Å²) in [6, 6.07) is -1.59. The lowest BCUT2D eigenvalue weighted by atomic mass is 10.1. The number of hydrogen-bond donors (Lipinski definition) is 2. The van der Waals surface area contributed by atoms with Crippen LogP contribution in [-0.2, 0) is 22.2 Å². The molecule has 110 valence electrons. The Bertz CT molecular complexity index is 1080. The maximum Gasteiger partial charge on any atom is 0.215 e. The molecule has 0 spiro atoms. The Balaban J connectivity index is 2.73. The molecule has 5 nitrogen and oxygen atoms in total. The molecule has 2 rings (SSSR count). The Labute approximate surface area is 134 Å². The molecule has 0 fully saturated rings. The Morgan fingerprint density at radius 3 is 3.15 bits per heavy atom. The highest BCUT2D eigenvalue weighted by Crippen LogP contribution is 2.21. The van der Waals surface area contributed by atoms with E-state index in [1.807, 2.05) is 0 Å². The number of nitrogens with one attached hydrogen (secondary N) is 2. The van der Waals surface area contributed by atoms with E-state index in [4.69, 9.17) is 13.8 Å². The van der Waals surface area contributed by atoms with Crippen molar-refractivity contribution in [3.05, 3.63) is 35.5 Å². The average Bonchev–Trinajstić information content (AvgIpc) is 2.90. The first-order chi connectivity index (χ1) is 13.4. The fourth-order valence-electron chi connectivity index (χ4n) is 1.63. The minimum absolute atomic E-state index is 0.0254. The van der Waals surface area contributed by atoms with Gasteiger partial charge in [-0.1, -0.05) is 6.04 Å².